The highest BCUT2D eigenvalue weighted by molar-refractivity contribution is 5.95. The molecule has 0 bridgehead atoms. The van der Waals surface area contributed by atoms with Crippen molar-refractivity contribution in [3.63, 3.8) is 0 Å². The summed E-state index contributed by atoms with van der Waals surface area (Å²) in [6.07, 6.45) is 10.4. The molecular weight excluding hydrogens is 488 g/mol. The standard InChI is InChI=1S/C31H38N6O2/c1-20-12-15-32-30(39-3)28(20)34-16-13-24(14-17-34)36-21(2)29-27(18-33-37(29)25-10-11-25)35(31(36)38)19-23-6-4-5-7-26(23)22-8-9-22/h4-7,12,15,18,21-22,24-25H,8-11,13-14,16-17,19H2,1-3H3. The SMILES string of the molecule is COc1nccc(C)c1N1CCC(N2C(=O)N(Cc3ccccc3C3CC3)c3cnn(C4CC4)c3C2C)CC1. The Bertz CT molecular complexity index is 1390. The van der Waals surface area contributed by atoms with Crippen LogP contribution in [0.1, 0.15) is 85.8 Å². The summed E-state index contributed by atoms with van der Waals surface area (Å²) in [7, 11) is 1.68. The predicted octanol–water partition coefficient (Wildman–Crippen LogP) is 5.98. The molecule has 2 aromatic heterocycles. The Morgan fingerprint density at radius 1 is 1.00 bits per heavy atom. The average Bonchev–Trinajstić information content (AvgIpc) is 3.90. The summed E-state index contributed by atoms with van der Waals surface area (Å²) in [6, 6.07) is 11.5. The number of hydrogen-bond donors (Lipinski definition) is 0. The van der Waals surface area contributed by atoms with Crippen LogP contribution in [0.4, 0.5) is 16.2 Å². The lowest BCUT2D eigenvalue weighted by atomic mass is 9.97. The minimum absolute atomic E-state index is 0.00302. The summed E-state index contributed by atoms with van der Waals surface area (Å²) in [5.41, 5.74) is 7.11. The number of pyridine rings is 1. The Labute approximate surface area is 230 Å². The first-order valence-electron chi connectivity index (χ1n) is 14.5. The number of anilines is 2. The lowest BCUT2D eigenvalue weighted by Crippen LogP contribution is -2.55. The third-order valence-electron chi connectivity index (χ3n) is 9.12. The predicted molar refractivity (Wildman–Crippen MR) is 152 cm³/mol. The van der Waals surface area contributed by atoms with E-state index in [9.17, 15) is 4.79 Å². The highest BCUT2D eigenvalue weighted by Crippen LogP contribution is 2.47. The van der Waals surface area contributed by atoms with Gasteiger partial charge in [-0.05, 0) is 81.0 Å². The van der Waals surface area contributed by atoms with Crippen LogP contribution in [0.3, 0.4) is 0 Å². The minimum Gasteiger partial charge on any atom is -0.480 e. The number of amides is 2. The fourth-order valence-electron chi connectivity index (χ4n) is 6.82. The van der Waals surface area contributed by atoms with Gasteiger partial charge < -0.3 is 14.5 Å². The molecule has 3 aromatic rings. The second kappa shape index (κ2) is 9.57. The number of urea groups is 1. The van der Waals surface area contributed by atoms with Crippen LogP contribution in [0.2, 0.25) is 0 Å². The van der Waals surface area contributed by atoms with Gasteiger partial charge >= 0.3 is 6.03 Å². The summed E-state index contributed by atoms with van der Waals surface area (Å²) in [6.45, 7) is 6.64. The number of methoxy groups -OCH3 is 1. The Kier molecular flexibility index (Phi) is 6.01. The lowest BCUT2D eigenvalue weighted by Gasteiger charge is -2.47. The van der Waals surface area contributed by atoms with Gasteiger partial charge in [-0.3, -0.25) is 9.58 Å². The number of ether oxygens (including phenoxy) is 1. The topological polar surface area (TPSA) is 66.7 Å². The molecular formula is C31H38N6O2. The van der Waals surface area contributed by atoms with Crippen molar-refractivity contribution in [2.75, 3.05) is 30.0 Å². The Hall–Kier alpha value is -3.55. The highest BCUT2D eigenvalue weighted by Gasteiger charge is 2.44. The Morgan fingerprint density at radius 3 is 2.49 bits per heavy atom. The van der Waals surface area contributed by atoms with Crippen molar-refractivity contribution < 1.29 is 9.53 Å². The molecule has 7 rings (SSSR count). The van der Waals surface area contributed by atoms with Crippen LogP contribution in [0.25, 0.3) is 0 Å². The molecule has 1 saturated heterocycles. The van der Waals surface area contributed by atoms with E-state index in [0.717, 1.165) is 37.3 Å². The Balaban J connectivity index is 1.19. The summed E-state index contributed by atoms with van der Waals surface area (Å²) in [5.74, 6) is 1.32. The molecule has 204 valence electrons. The van der Waals surface area contributed by atoms with Crippen molar-refractivity contribution in [1.82, 2.24) is 19.7 Å². The number of carbonyl (C=O) groups excluding carboxylic acids is 1. The van der Waals surface area contributed by atoms with Gasteiger partial charge in [-0.15, -0.1) is 0 Å². The van der Waals surface area contributed by atoms with Gasteiger partial charge in [0.15, 0.2) is 0 Å². The number of hydrogen-bond acceptors (Lipinski definition) is 5. The van der Waals surface area contributed by atoms with E-state index in [2.05, 4.69) is 57.6 Å². The van der Waals surface area contributed by atoms with Crippen molar-refractivity contribution in [3.8, 4) is 5.88 Å². The molecule has 1 atom stereocenters. The maximum Gasteiger partial charge on any atom is 0.325 e. The van der Waals surface area contributed by atoms with E-state index in [4.69, 9.17) is 9.84 Å². The van der Waals surface area contributed by atoms with Crippen LogP contribution in [0.5, 0.6) is 5.88 Å². The lowest BCUT2D eigenvalue weighted by molar-refractivity contribution is 0.132. The normalized spacial score (nSPS) is 21.9. The van der Waals surface area contributed by atoms with Crippen LogP contribution in [-0.4, -0.2) is 51.9 Å². The van der Waals surface area contributed by atoms with E-state index in [1.54, 1.807) is 13.3 Å². The quantitative estimate of drug-likeness (QED) is 0.379. The fraction of sp³-hybridized carbons (Fsp3) is 0.516. The molecule has 4 heterocycles. The molecule has 2 aliphatic heterocycles. The van der Waals surface area contributed by atoms with Crippen LogP contribution in [0.15, 0.2) is 42.7 Å². The molecule has 0 N–H and O–H groups in total. The van der Waals surface area contributed by atoms with Gasteiger partial charge in [-0.2, -0.15) is 5.10 Å². The largest absolute Gasteiger partial charge is 0.480 e. The van der Waals surface area contributed by atoms with Crippen molar-refractivity contribution in [3.05, 3.63) is 65.1 Å². The minimum atomic E-state index is -0.00302. The van der Waals surface area contributed by atoms with Crippen molar-refractivity contribution in [2.24, 2.45) is 0 Å². The summed E-state index contributed by atoms with van der Waals surface area (Å²) in [4.78, 5) is 25.4. The first kappa shape index (κ1) is 24.5. The second-order valence-corrected chi connectivity index (χ2v) is 11.7. The van der Waals surface area contributed by atoms with E-state index in [0.29, 0.717) is 24.4 Å². The van der Waals surface area contributed by atoms with Gasteiger partial charge in [0.25, 0.3) is 0 Å². The molecule has 1 aromatic carbocycles. The molecule has 2 saturated carbocycles. The van der Waals surface area contributed by atoms with Gasteiger partial charge in [-0.1, -0.05) is 24.3 Å². The number of nitrogens with zero attached hydrogens (tertiary/aromatic N) is 6. The molecule has 8 nitrogen and oxygen atoms in total. The highest BCUT2D eigenvalue weighted by atomic mass is 16.5. The average molecular weight is 527 g/mol. The third-order valence-corrected chi connectivity index (χ3v) is 9.12. The number of benzene rings is 1. The zero-order valence-corrected chi connectivity index (χ0v) is 23.2. The number of rotatable bonds is 7. The zero-order chi connectivity index (χ0) is 26.7. The maximum absolute atomic E-state index is 14.4. The van der Waals surface area contributed by atoms with E-state index in [1.165, 1.54) is 48.1 Å². The number of piperidine rings is 1. The number of aryl methyl sites for hydroxylation is 1. The number of fused-ring (bicyclic) bond motifs is 1. The van der Waals surface area contributed by atoms with Crippen molar-refractivity contribution >= 4 is 17.4 Å². The number of aromatic nitrogens is 3. The Morgan fingerprint density at radius 2 is 1.77 bits per heavy atom. The molecule has 2 aliphatic carbocycles. The van der Waals surface area contributed by atoms with Crippen LogP contribution in [0, 0.1) is 6.92 Å². The molecule has 3 fully saturated rings. The molecule has 4 aliphatic rings. The molecule has 39 heavy (non-hydrogen) atoms. The summed E-state index contributed by atoms with van der Waals surface area (Å²) in [5, 5.41) is 4.83. The maximum atomic E-state index is 14.4. The van der Waals surface area contributed by atoms with Gasteiger partial charge in [0.05, 0.1) is 43.3 Å². The van der Waals surface area contributed by atoms with Crippen molar-refractivity contribution in [1.29, 1.82) is 0 Å². The zero-order valence-electron chi connectivity index (χ0n) is 23.2. The smallest absolute Gasteiger partial charge is 0.325 e. The van der Waals surface area contributed by atoms with E-state index < -0.39 is 0 Å². The fourth-order valence-corrected chi connectivity index (χ4v) is 6.82. The van der Waals surface area contributed by atoms with Crippen LogP contribution >= 0.6 is 0 Å². The van der Waals surface area contributed by atoms with Gasteiger partial charge in [-0.25, -0.2) is 9.78 Å². The summed E-state index contributed by atoms with van der Waals surface area (Å²) >= 11 is 0. The van der Waals surface area contributed by atoms with Gasteiger partial charge in [0.2, 0.25) is 5.88 Å². The summed E-state index contributed by atoms with van der Waals surface area (Å²) < 4.78 is 7.82. The van der Waals surface area contributed by atoms with E-state index in [1.807, 2.05) is 17.2 Å². The number of carbonyl (C=O) groups is 1. The van der Waals surface area contributed by atoms with Gasteiger partial charge in [0, 0.05) is 25.3 Å². The van der Waals surface area contributed by atoms with E-state index >= 15 is 0 Å². The molecule has 0 spiro atoms. The first-order chi connectivity index (χ1) is 19.0. The second-order valence-electron chi connectivity index (χ2n) is 11.7. The molecule has 8 heteroatoms. The van der Waals surface area contributed by atoms with Gasteiger partial charge in [0.1, 0.15) is 5.69 Å². The monoisotopic (exact) mass is 526 g/mol. The van der Waals surface area contributed by atoms with Crippen LogP contribution < -0.4 is 14.5 Å². The first-order valence-corrected chi connectivity index (χ1v) is 14.5. The third kappa shape index (κ3) is 4.24. The molecule has 0 radical (unpaired) electrons. The van der Waals surface area contributed by atoms with Crippen molar-refractivity contribution in [2.45, 2.75) is 83.0 Å². The van der Waals surface area contributed by atoms with Crippen LogP contribution in [-0.2, 0) is 6.54 Å². The molecule has 2 amide bonds. The van der Waals surface area contributed by atoms with E-state index in [-0.39, 0.29) is 18.1 Å². The molecule has 1 unspecified atom stereocenters.